The highest BCUT2D eigenvalue weighted by Crippen LogP contribution is 2.60. The third-order valence-electron chi connectivity index (χ3n) is 8.47. The molecule has 1 fully saturated rings. The fourth-order valence-electron chi connectivity index (χ4n) is 6.20. The van der Waals surface area contributed by atoms with Crippen molar-refractivity contribution in [2.24, 2.45) is 5.41 Å². The molecule has 1 aliphatic carbocycles. The molecule has 5 rings (SSSR count). The van der Waals surface area contributed by atoms with Crippen LogP contribution in [0, 0.1) is 5.41 Å². The number of carboxylic acid groups (broad SMARTS) is 1. The summed E-state index contributed by atoms with van der Waals surface area (Å²) in [5.74, 6) is -0.0797. The van der Waals surface area contributed by atoms with E-state index in [-0.39, 0.29) is 22.8 Å². The lowest BCUT2D eigenvalue weighted by atomic mass is 9.56. The van der Waals surface area contributed by atoms with E-state index in [4.69, 9.17) is 21.1 Å². The van der Waals surface area contributed by atoms with Gasteiger partial charge in [0.15, 0.2) is 0 Å². The van der Waals surface area contributed by atoms with Gasteiger partial charge in [-0.2, -0.15) is 0 Å². The number of carboxylic acids is 1. The normalized spacial score (nSPS) is 26.0. The van der Waals surface area contributed by atoms with Gasteiger partial charge in [0.05, 0.1) is 23.9 Å². The Morgan fingerprint density at radius 3 is 2.62 bits per heavy atom. The molecule has 1 amide bonds. The molecule has 0 spiro atoms. The Labute approximate surface area is 222 Å². The van der Waals surface area contributed by atoms with Gasteiger partial charge in [0.2, 0.25) is 5.91 Å². The van der Waals surface area contributed by atoms with Crippen LogP contribution in [-0.2, 0) is 14.9 Å². The van der Waals surface area contributed by atoms with Crippen LogP contribution in [0.15, 0.2) is 59.9 Å². The number of ether oxygens (including phenoxy) is 2. The fraction of sp³-hybridized carbons (Fsp3) is 0.400. The Morgan fingerprint density at radius 1 is 1.19 bits per heavy atom. The zero-order chi connectivity index (χ0) is 26.8. The van der Waals surface area contributed by atoms with E-state index in [9.17, 15) is 14.7 Å². The minimum atomic E-state index is -1.12. The highest BCUT2D eigenvalue weighted by atomic mass is 35.5. The lowest BCUT2D eigenvalue weighted by Crippen LogP contribution is -2.50. The number of hydrogen-bond donors (Lipinski definition) is 1. The molecule has 2 atom stereocenters. The second-order valence-electron chi connectivity index (χ2n) is 10.9. The van der Waals surface area contributed by atoms with Gasteiger partial charge in [0.1, 0.15) is 22.7 Å². The summed E-state index contributed by atoms with van der Waals surface area (Å²) >= 11 is 6.50. The first-order valence-electron chi connectivity index (χ1n) is 12.6. The Hall–Kier alpha value is -3.25. The molecule has 0 radical (unpaired) electrons. The van der Waals surface area contributed by atoms with Gasteiger partial charge in [0.25, 0.3) is 0 Å². The van der Waals surface area contributed by atoms with Crippen molar-refractivity contribution in [1.82, 2.24) is 0 Å². The fourth-order valence-corrected chi connectivity index (χ4v) is 6.37. The predicted molar refractivity (Wildman–Crippen MR) is 144 cm³/mol. The average molecular weight is 522 g/mol. The molecule has 37 heavy (non-hydrogen) atoms. The van der Waals surface area contributed by atoms with E-state index < -0.39 is 16.8 Å². The number of aromatic carboxylic acids is 1. The zero-order valence-corrected chi connectivity index (χ0v) is 22.6. The summed E-state index contributed by atoms with van der Waals surface area (Å²) in [6.07, 6.45) is 7.57. The number of anilines is 2. The number of methoxy groups -OCH3 is 1. The van der Waals surface area contributed by atoms with Gasteiger partial charge in [0, 0.05) is 10.4 Å². The molecule has 3 aliphatic rings. The maximum Gasteiger partial charge on any atom is 0.339 e. The maximum absolute atomic E-state index is 14.6. The van der Waals surface area contributed by atoms with Crippen LogP contribution in [0.3, 0.4) is 0 Å². The van der Waals surface area contributed by atoms with Crippen LogP contribution in [0.4, 0.5) is 11.4 Å². The molecule has 1 saturated heterocycles. The number of halogens is 1. The summed E-state index contributed by atoms with van der Waals surface area (Å²) in [6.45, 7) is 8.32. The summed E-state index contributed by atoms with van der Waals surface area (Å²) in [5, 5.41) is 10.3. The lowest BCUT2D eigenvalue weighted by molar-refractivity contribution is -0.125. The van der Waals surface area contributed by atoms with E-state index in [1.165, 1.54) is 13.2 Å². The van der Waals surface area contributed by atoms with Gasteiger partial charge >= 0.3 is 5.97 Å². The smallest absolute Gasteiger partial charge is 0.339 e. The van der Waals surface area contributed by atoms with Crippen molar-refractivity contribution < 1.29 is 24.2 Å². The number of allylic oxidation sites excluding steroid dienone is 3. The molecular formula is C30H32ClNO5. The lowest BCUT2D eigenvalue weighted by Gasteiger charge is -2.47. The molecule has 194 valence electrons. The standard InChI is InChI=1S/C30H32ClNO5/c1-6-30(14-12-24-18(17-30)11-13-28(2,3)37-24)29(4)22-15-19(31)7-9-23(22)32(27(29)35)20-8-10-25(36-5)21(16-20)26(33)34/h7-10,12,15-17H,6,11,13-14H2,1-5H3,(H,33,34)/t29-,30?/m0/s1. The molecule has 2 heterocycles. The van der Waals surface area contributed by atoms with Gasteiger partial charge in [-0.25, -0.2) is 4.79 Å². The van der Waals surface area contributed by atoms with Gasteiger partial charge in [-0.1, -0.05) is 24.6 Å². The molecule has 7 heteroatoms. The van der Waals surface area contributed by atoms with E-state index in [0.29, 0.717) is 22.8 Å². The number of amides is 1. The van der Waals surface area contributed by atoms with Crippen molar-refractivity contribution in [3.63, 3.8) is 0 Å². The highest BCUT2D eigenvalue weighted by molar-refractivity contribution is 6.31. The zero-order valence-electron chi connectivity index (χ0n) is 21.9. The number of fused-ring (bicyclic) bond motifs is 2. The van der Waals surface area contributed by atoms with E-state index in [0.717, 1.165) is 36.2 Å². The van der Waals surface area contributed by atoms with Gasteiger partial charge in [-0.05, 0) is 100 Å². The van der Waals surface area contributed by atoms with Crippen molar-refractivity contribution in [2.75, 3.05) is 12.0 Å². The summed E-state index contributed by atoms with van der Waals surface area (Å²) in [4.78, 5) is 28.2. The monoisotopic (exact) mass is 521 g/mol. The quantitative estimate of drug-likeness (QED) is 0.451. The second kappa shape index (κ2) is 8.66. The third-order valence-corrected chi connectivity index (χ3v) is 8.70. The minimum Gasteiger partial charge on any atom is -0.496 e. The van der Waals surface area contributed by atoms with E-state index in [1.807, 2.05) is 19.1 Å². The van der Waals surface area contributed by atoms with Crippen LogP contribution in [0.2, 0.25) is 5.02 Å². The van der Waals surface area contributed by atoms with E-state index >= 15 is 0 Å². The third kappa shape index (κ3) is 3.76. The molecule has 1 N–H and O–H groups in total. The summed E-state index contributed by atoms with van der Waals surface area (Å²) < 4.78 is 11.5. The van der Waals surface area contributed by atoms with Crippen LogP contribution in [0.5, 0.6) is 5.75 Å². The van der Waals surface area contributed by atoms with Crippen molar-refractivity contribution in [2.45, 2.75) is 64.4 Å². The first-order valence-corrected chi connectivity index (χ1v) is 13.0. The number of carbonyl (C=O) groups is 2. The van der Waals surface area contributed by atoms with Gasteiger partial charge in [-0.15, -0.1) is 0 Å². The Morgan fingerprint density at radius 2 is 1.95 bits per heavy atom. The Kier molecular flexibility index (Phi) is 5.94. The molecule has 2 aromatic carbocycles. The Bertz CT molecular complexity index is 1380. The number of rotatable bonds is 5. The SMILES string of the molecule is CCC1([C@]2(C)C(=O)N(c3ccc(OC)c(C(=O)O)c3)c3ccc(Cl)cc32)C=C2CCC(C)(C)OC2=CC1. The molecule has 2 aliphatic heterocycles. The second-order valence-corrected chi connectivity index (χ2v) is 11.4. The van der Waals surface area contributed by atoms with Crippen molar-refractivity contribution in [3.05, 3.63) is 76.0 Å². The van der Waals surface area contributed by atoms with Crippen molar-refractivity contribution >= 4 is 34.9 Å². The summed E-state index contributed by atoms with van der Waals surface area (Å²) in [5.41, 5.74) is 1.50. The van der Waals surface area contributed by atoms with Crippen LogP contribution in [-0.4, -0.2) is 29.7 Å². The van der Waals surface area contributed by atoms with E-state index in [2.05, 4.69) is 32.9 Å². The molecule has 0 saturated carbocycles. The summed E-state index contributed by atoms with van der Waals surface area (Å²) in [7, 11) is 1.43. The predicted octanol–water partition coefficient (Wildman–Crippen LogP) is 7.18. The molecule has 6 nitrogen and oxygen atoms in total. The first-order chi connectivity index (χ1) is 17.5. The summed E-state index contributed by atoms with van der Waals surface area (Å²) in [6, 6.07) is 10.3. The van der Waals surface area contributed by atoms with Gasteiger partial charge < -0.3 is 14.6 Å². The van der Waals surface area contributed by atoms with E-state index in [1.54, 1.807) is 23.1 Å². The largest absolute Gasteiger partial charge is 0.496 e. The number of carbonyl (C=O) groups excluding carboxylic acids is 1. The first kappa shape index (κ1) is 25.4. The van der Waals surface area contributed by atoms with Crippen LogP contribution in [0.25, 0.3) is 0 Å². The molecule has 1 unspecified atom stereocenters. The van der Waals surface area contributed by atoms with Gasteiger partial charge in [-0.3, -0.25) is 9.69 Å². The van der Waals surface area contributed by atoms with Crippen LogP contribution >= 0.6 is 11.6 Å². The number of benzene rings is 2. The molecular weight excluding hydrogens is 490 g/mol. The van der Waals surface area contributed by atoms with Crippen molar-refractivity contribution in [1.29, 1.82) is 0 Å². The Balaban J connectivity index is 1.67. The van der Waals surface area contributed by atoms with Crippen LogP contribution < -0.4 is 9.64 Å². The molecule has 0 aromatic heterocycles. The maximum atomic E-state index is 14.6. The highest BCUT2D eigenvalue weighted by Gasteiger charge is 2.59. The topological polar surface area (TPSA) is 76.1 Å². The number of hydrogen-bond acceptors (Lipinski definition) is 4. The molecule has 0 bridgehead atoms. The molecule has 2 aromatic rings. The average Bonchev–Trinajstić information content (AvgIpc) is 3.10. The van der Waals surface area contributed by atoms with Crippen LogP contribution in [0.1, 0.15) is 69.3 Å². The van der Waals surface area contributed by atoms with Crippen molar-refractivity contribution in [3.8, 4) is 5.75 Å². The minimum absolute atomic E-state index is 0.00329. The number of nitrogens with zero attached hydrogens (tertiary/aromatic N) is 1.